The number of rotatable bonds is 6. The van der Waals surface area contributed by atoms with Crippen LogP contribution in [-0.4, -0.2) is 29.1 Å². The van der Waals surface area contributed by atoms with Crippen LogP contribution in [-0.2, 0) is 4.79 Å². The summed E-state index contributed by atoms with van der Waals surface area (Å²) >= 11 is 0.826. The largest absolute Gasteiger partial charge is 0.481 e. The average molecular weight is 543 g/mol. The van der Waals surface area contributed by atoms with E-state index in [1.165, 1.54) is 0 Å². The standard InChI is InChI=1S/C23H27FINO3S/c1-15-9-10-17(18(24)13-15)23(3)22(2,12-11-19(27)28)14-30-21(25-23)26-20(29)16-7-5-4-6-8-16/h4-9,13,17H,10-12,14H2,1-3H3,(H,26,29)(H,27,28)/t17?,22-,23+/m0/s1. The molecule has 1 aliphatic heterocycles. The molecule has 0 radical (unpaired) electrons. The normalized spacial score (nSPS) is 29.1. The van der Waals surface area contributed by atoms with E-state index in [2.05, 4.69) is 25.2 Å². The van der Waals surface area contributed by atoms with Crippen molar-refractivity contribution in [3.05, 3.63) is 59.4 Å². The Balaban J connectivity index is 1.94. The molecule has 4 nitrogen and oxygen atoms in total. The molecule has 1 aromatic rings. The Kier molecular flexibility index (Phi) is 7.22. The van der Waals surface area contributed by atoms with Gasteiger partial charge in [0, 0.05) is 27.1 Å². The second kappa shape index (κ2) is 9.34. The van der Waals surface area contributed by atoms with E-state index < -0.39 is 30.1 Å². The van der Waals surface area contributed by atoms with Crippen LogP contribution in [0.2, 0.25) is 0 Å². The lowest BCUT2D eigenvalue weighted by Crippen LogP contribution is -2.51. The number of thioether (sulfide) groups is 1. The Morgan fingerprint density at radius 2 is 2.00 bits per heavy atom. The molecular formula is C23H27FINO3S. The van der Waals surface area contributed by atoms with Crippen LogP contribution >= 0.6 is 32.5 Å². The summed E-state index contributed by atoms with van der Waals surface area (Å²) in [6.45, 7) is 6.09. The Hall–Kier alpha value is -1.48. The lowest BCUT2D eigenvalue weighted by Gasteiger charge is -2.51. The molecule has 2 aliphatic rings. The topological polar surface area (TPSA) is 66.4 Å². The minimum atomic E-state index is -0.829. The summed E-state index contributed by atoms with van der Waals surface area (Å²) in [4.78, 5) is 24.0. The van der Waals surface area contributed by atoms with E-state index in [1.807, 2.05) is 25.1 Å². The first-order valence-electron chi connectivity index (χ1n) is 9.92. The zero-order chi connectivity index (χ0) is 21.9. The van der Waals surface area contributed by atoms with Gasteiger partial charge in [-0.3, -0.25) is 9.59 Å². The van der Waals surface area contributed by atoms with Crippen LogP contribution in [0.4, 0.5) is 4.39 Å². The van der Waals surface area contributed by atoms with E-state index in [4.69, 9.17) is 0 Å². The highest BCUT2D eigenvalue weighted by molar-refractivity contribution is 14.2. The summed E-state index contributed by atoms with van der Waals surface area (Å²) < 4.78 is 15.7. The molecule has 1 unspecified atom stereocenters. The van der Waals surface area contributed by atoms with Gasteiger partial charge in [-0.05, 0) is 50.3 Å². The zero-order valence-corrected chi connectivity index (χ0v) is 20.3. The lowest BCUT2D eigenvalue weighted by molar-refractivity contribution is -0.137. The Bertz CT molecular complexity index is 930. The third kappa shape index (κ3) is 4.88. The molecule has 162 valence electrons. The molecule has 2 N–H and O–H groups in total. The van der Waals surface area contributed by atoms with Crippen LogP contribution in [0.15, 0.2) is 53.9 Å². The number of carbonyl (C=O) groups excluding carboxylic acids is 1. The number of aliphatic carboxylic acids is 1. The number of halogens is 2. The second-order valence-electron chi connectivity index (χ2n) is 8.27. The monoisotopic (exact) mass is 543 g/mol. The van der Waals surface area contributed by atoms with Gasteiger partial charge in [-0.2, -0.15) is 0 Å². The molecule has 3 rings (SSSR count). The summed E-state index contributed by atoms with van der Waals surface area (Å²) in [6.07, 6.45) is 4.83. The van der Waals surface area contributed by atoms with Gasteiger partial charge in [-0.15, -0.1) is 11.8 Å². The number of carbonyl (C=O) groups is 2. The van der Waals surface area contributed by atoms with Crippen molar-refractivity contribution in [1.29, 1.82) is 0 Å². The number of nitrogens with one attached hydrogen (secondary N) is 1. The summed E-state index contributed by atoms with van der Waals surface area (Å²) in [6, 6.07) is 9.06. The van der Waals surface area contributed by atoms with Gasteiger partial charge in [0.15, 0.2) is 0 Å². The number of hydrogen-bond donors (Lipinski definition) is 2. The van der Waals surface area contributed by atoms with Gasteiger partial charge in [0.2, 0.25) is 0 Å². The zero-order valence-electron chi connectivity index (χ0n) is 17.4. The maximum Gasteiger partial charge on any atom is 0.303 e. The van der Waals surface area contributed by atoms with Crippen LogP contribution in [0.25, 0.3) is 0 Å². The Morgan fingerprint density at radius 1 is 1.30 bits per heavy atom. The van der Waals surface area contributed by atoms with Crippen LogP contribution < -0.4 is 5.32 Å². The molecular weight excluding hydrogens is 516 g/mol. The predicted molar refractivity (Wildman–Crippen MR) is 130 cm³/mol. The number of hydrogen-bond acceptors (Lipinski definition) is 3. The number of amides is 1. The van der Waals surface area contributed by atoms with Crippen molar-refractivity contribution in [2.24, 2.45) is 11.3 Å². The van der Waals surface area contributed by atoms with Gasteiger partial charge in [0.25, 0.3) is 5.91 Å². The summed E-state index contributed by atoms with van der Waals surface area (Å²) in [5, 5.41) is 12.3. The van der Waals surface area contributed by atoms with Gasteiger partial charge in [0.05, 0.1) is 0 Å². The van der Waals surface area contributed by atoms with E-state index in [0.29, 0.717) is 24.2 Å². The van der Waals surface area contributed by atoms with Gasteiger partial charge < -0.3 is 10.4 Å². The smallest absolute Gasteiger partial charge is 0.303 e. The first-order valence-corrected chi connectivity index (χ1v) is 13.1. The van der Waals surface area contributed by atoms with Crippen LogP contribution in [0.3, 0.4) is 0 Å². The fraction of sp³-hybridized carbons (Fsp3) is 0.435. The SMILES string of the molecule is CC1=CCC([C@@]2(C)I=C(NC(=O)c3ccccc3)SC[C@]2(C)CCC(=O)O)C(F)=C1. The summed E-state index contributed by atoms with van der Waals surface area (Å²) in [5.41, 5.74) is 1.18. The first kappa shape index (κ1) is 23.2. The lowest BCUT2D eigenvalue weighted by atomic mass is 9.68. The van der Waals surface area contributed by atoms with Gasteiger partial charge in [-0.1, -0.05) is 57.5 Å². The van der Waals surface area contributed by atoms with Crippen molar-refractivity contribution in [2.45, 2.75) is 43.5 Å². The number of benzene rings is 1. The van der Waals surface area contributed by atoms with Gasteiger partial charge >= 0.3 is 5.97 Å². The molecule has 0 aromatic heterocycles. The molecule has 3 atom stereocenters. The molecule has 0 saturated carbocycles. The van der Waals surface area contributed by atoms with Crippen molar-refractivity contribution < 1.29 is 19.1 Å². The van der Waals surface area contributed by atoms with Crippen molar-refractivity contribution in [3.63, 3.8) is 0 Å². The molecule has 0 fully saturated rings. The quantitative estimate of drug-likeness (QED) is 0.359. The summed E-state index contributed by atoms with van der Waals surface area (Å²) in [5.74, 6) is -0.737. The summed E-state index contributed by atoms with van der Waals surface area (Å²) in [7, 11) is 0. The highest BCUT2D eigenvalue weighted by Crippen LogP contribution is 2.59. The fourth-order valence-corrected chi connectivity index (χ4v) is 10.8. The second-order valence-corrected chi connectivity index (χ2v) is 13.8. The highest BCUT2D eigenvalue weighted by atomic mass is 127. The molecule has 0 spiro atoms. The molecule has 1 amide bonds. The maximum absolute atomic E-state index is 15.1. The maximum atomic E-state index is 15.1. The van der Waals surface area contributed by atoms with Crippen LogP contribution in [0.1, 0.15) is 50.4 Å². The third-order valence-corrected chi connectivity index (χ3v) is 12.7. The van der Waals surface area contributed by atoms with Crippen LogP contribution in [0.5, 0.6) is 0 Å². The third-order valence-electron chi connectivity index (χ3n) is 6.15. The molecule has 1 heterocycles. The van der Waals surface area contributed by atoms with Crippen molar-refractivity contribution >= 4 is 47.3 Å². The fourth-order valence-electron chi connectivity index (χ4n) is 3.95. The minimum Gasteiger partial charge on any atom is -0.481 e. The Morgan fingerprint density at radius 3 is 2.63 bits per heavy atom. The van der Waals surface area contributed by atoms with Gasteiger partial charge in [-0.25, -0.2) is 4.39 Å². The average Bonchev–Trinajstić information content (AvgIpc) is 2.70. The Labute approximate surface area is 191 Å². The number of carboxylic acids is 1. The molecule has 1 aromatic carbocycles. The van der Waals surface area contributed by atoms with Crippen LogP contribution in [0, 0.1) is 11.3 Å². The number of alkyl halides is 1. The first-order chi connectivity index (χ1) is 14.1. The van der Waals surface area contributed by atoms with Crippen molar-refractivity contribution in [1.82, 2.24) is 5.32 Å². The minimum absolute atomic E-state index is 0.0645. The van der Waals surface area contributed by atoms with Crippen molar-refractivity contribution in [2.75, 3.05) is 5.75 Å². The number of carboxylic acid groups (broad SMARTS) is 1. The highest BCUT2D eigenvalue weighted by Gasteiger charge is 2.52. The van der Waals surface area contributed by atoms with Crippen molar-refractivity contribution in [3.8, 4) is 0 Å². The molecule has 0 saturated heterocycles. The van der Waals surface area contributed by atoms with E-state index in [9.17, 15) is 14.7 Å². The molecule has 30 heavy (non-hydrogen) atoms. The van der Waals surface area contributed by atoms with E-state index in [0.717, 1.165) is 8.54 Å². The molecule has 1 aliphatic carbocycles. The van der Waals surface area contributed by atoms with Gasteiger partial charge in [0.1, 0.15) is 8.79 Å². The van der Waals surface area contributed by atoms with E-state index in [1.54, 1.807) is 30.0 Å². The van der Waals surface area contributed by atoms with E-state index >= 15 is 4.39 Å². The number of allylic oxidation sites excluding steroid dienone is 4. The predicted octanol–water partition coefficient (Wildman–Crippen LogP) is 5.67. The van der Waals surface area contributed by atoms with E-state index in [-0.39, 0.29) is 29.5 Å². The molecule has 0 bridgehead atoms. The molecule has 7 heteroatoms.